The monoisotopic (exact) mass is 498 g/mol. The third-order valence-corrected chi connectivity index (χ3v) is 7.02. The van der Waals surface area contributed by atoms with Gasteiger partial charge in [0.25, 0.3) is 0 Å². The van der Waals surface area contributed by atoms with Crippen molar-refractivity contribution in [2.24, 2.45) is 5.92 Å². The summed E-state index contributed by atoms with van der Waals surface area (Å²) in [5, 5.41) is 0. The molecule has 0 aromatic heterocycles. The van der Waals surface area contributed by atoms with Gasteiger partial charge in [-0.1, -0.05) is 75.9 Å². The van der Waals surface area contributed by atoms with Crippen LogP contribution < -0.4 is 4.90 Å². The zero-order valence-electron chi connectivity index (χ0n) is 21.5. The van der Waals surface area contributed by atoms with Crippen molar-refractivity contribution in [1.29, 1.82) is 0 Å². The smallest absolute Gasteiger partial charge is 0.324 e. The number of halogens is 1. The molecule has 7 heteroatoms. The Hall–Kier alpha value is -2.48. The van der Waals surface area contributed by atoms with Crippen LogP contribution in [0.5, 0.6) is 0 Å². The quantitative estimate of drug-likeness (QED) is 0.344. The minimum absolute atomic E-state index is 0.103. The van der Waals surface area contributed by atoms with Crippen molar-refractivity contribution in [3.05, 3.63) is 65.5 Å². The lowest BCUT2D eigenvalue weighted by molar-refractivity contribution is -0.232. The summed E-state index contributed by atoms with van der Waals surface area (Å²) in [5.41, 5.74) is 2.03. The molecule has 4 rings (SSSR count). The molecule has 0 atom stereocenters. The summed E-state index contributed by atoms with van der Waals surface area (Å²) < 4.78 is 32.5. The lowest BCUT2D eigenvalue weighted by atomic mass is 9.95. The Morgan fingerprint density at radius 2 is 1.72 bits per heavy atom. The number of hydrogen-bond acceptors (Lipinski definition) is 4. The average molecular weight is 499 g/mol. The number of urea groups is 1. The number of nitrogens with zero attached hydrogens (tertiary/aromatic N) is 2. The molecule has 2 fully saturated rings. The number of amides is 2. The van der Waals surface area contributed by atoms with Crippen LogP contribution in [-0.2, 0) is 20.8 Å². The summed E-state index contributed by atoms with van der Waals surface area (Å²) in [6.45, 7) is 7.38. The summed E-state index contributed by atoms with van der Waals surface area (Å²) in [4.78, 5) is 16.4. The van der Waals surface area contributed by atoms with Gasteiger partial charge in [-0.3, -0.25) is 4.90 Å². The van der Waals surface area contributed by atoms with E-state index in [1.165, 1.54) is 31.7 Å². The maximum atomic E-state index is 15.0. The van der Waals surface area contributed by atoms with Crippen molar-refractivity contribution in [2.45, 2.75) is 65.0 Å². The van der Waals surface area contributed by atoms with E-state index in [4.69, 9.17) is 14.2 Å². The van der Waals surface area contributed by atoms with Crippen molar-refractivity contribution in [3.63, 3.8) is 0 Å². The fraction of sp³-hybridized carbons (Fsp3) is 0.552. The molecule has 0 saturated carbocycles. The Morgan fingerprint density at radius 3 is 2.39 bits per heavy atom. The van der Waals surface area contributed by atoms with E-state index in [0.29, 0.717) is 43.5 Å². The highest BCUT2D eigenvalue weighted by Gasteiger charge is 2.31. The van der Waals surface area contributed by atoms with Crippen molar-refractivity contribution in [3.8, 4) is 0 Å². The van der Waals surface area contributed by atoms with Gasteiger partial charge in [0, 0.05) is 25.2 Å². The van der Waals surface area contributed by atoms with Crippen LogP contribution in [0.2, 0.25) is 0 Å². The molecule has 2 aliphatic rings. The van der Waals surface area contributed by atoms with E-state index >= 15 is 4.39 Å². The second-order valence-corrected chi connectivity index (χ2v) is 9.78. The summed E-state index contributed by atoms with van der Waals surface area (Å²) in [7, 11) is 0. The molecule has 0 aliphatic carbocycles. The second kappa shape index (κ2) is 13.2. The normalized spacial score (nSPS) is 20.5. The van der Waals surface area contributed by atoms with E-state index in [0.717, 1.165) is 18.5 Å². The Morgan fingerprint density at radius 1 is 1.00 bits per heavy atom. The van der Waals surface area contributed by atoms with Gasteiger partial charge in [-0.15, -0.1) is 0 Å². The molecule has 2 saturated heterocycles. The molecule has 2 amide bonds. The molecule has 196 valence electrons. The first-order chi connectivity index (χ1) is 17.6. The van der Waals surface area contributed by atoms with Crippen LogP contribution in [0, 0.1) is 11.7 Å². The highest BCUT2D eigenvalue weighted by molar-refractivity contribution is 5.94. The molecule has 0 N–H and O–H groups in total. The Bertz CT molecular complexity index is 959. The Balaban J connectivity index is 1.25. The zero-order valence-corrected chi connectivity index (χ0v) is 21.5. The number of anilines is 1. The number of benzene rings is 2. The molecule has 6 nitrogen and oxygen atoms in total. The fourth-order valence-corrected chi connectivity index (χ4v) is 5.06. The summed E-state index contributed by atoms with van der Waals surface area (Å²) in [6, 6.07) is 14.7. The van der Waals surface area contributed by atoms with Gasteiger partial charge in [-0.05, 0) is 30.0 Å². The van der Waals surface area contributed by atoms with Crippen LogP contribution >= 0.6 is 0 Å². The molecule has 36 heavy (non-hydrogen) atoms. The van der Waals surface area contributed by atoms with Crippen LogP contribution in [0.1, 0.15) is 63.4 Å². The predicted octanol–water partition coefficient (Wildman–Crippen LogP) is 6.31. The minimum atomic E-state index is -0.401. The fourth-order valence-electron chi connectivity index (χ4n) is 5.06. The molecule has 0 bridgehead atoms. The van der Waals surface area contributed by atoms with Crippen LogP contribution in [0.15, 0.2) is 48.5 Å². The molecule has 2 heterocycles. The minimum Gasteiger partial charge on any atom is -0.369 e. The van der Waals surface area contributed by atoms with Crippen LogP contribution in [0.3, 0.4) is 0 Å². The molecular formula is C29H39FN2O4. The van der Waals surface area contributed by atoms with E-state index < -0.39 is 5.82 Å². The molecular weight excluding hydrogens is 459 g/mol. The van der Waals surface area contributed by atoms with Gasteiger partial charge in [-0.25, -0.2) is 9.18 Å². The van der Waals surface area contributed by atoms with E-state index in [-0.39, 0.29) is 25.0 Å². The Kier molecular flexibility index (Phi) is 9.73. The van der Waals surface area contributed by atoms with E-state index in [1.807, 2.05) is 41.3 Å². The number of ether oxygens (including phenoxy) is 3. The van der Waals surface area contributed by atoms with Gasteiger partial charge in [0.2, 0.25) is 0 Å². The highest BCUT2D eigenvalue weighted by Crippen LogP contribution is 2.27. The summed E-state index contributed by atoms with van der Waals surface area (Å²) in [6.07, 6.45) is 5.15. The van der Waals surface area contributed by atoms with Gasteiger partial charge >= 0.3 is 6.03 Å². The number of carbonyl (C=O) groups is 1. The van der Waals surface area contributed by atoms with Gasteiger partial charge in [0.05, 0.1) is 25.5 Å². The topological polar surface area (TPSA) is 51.2 Å². The zero-order chi connectivity index (χ0) is 25.3. The summed E-state index contributed by atoms with van der Waals surface area (Å²) in [5.74, 6) is 0.253. The molecule has 0 spiro atoms. The van der Waals surface area contributed by atoms with Gasteiger partial charge in [0.1, 0.15) is 11.9 Å². The third kappa shape index (κ3) is 6.84. The van der Waals surface area contributed by atoms with E-state index in [1.54, 1.807) is 11.0 Å². The first kappa shape index (κ1) is 26.6. The number of hydrogen-bond donors (Lipinski definition) is 0. The lowest BCUT2D eigenvalue weighted by Crippen LogP contribution is -2.34. The van der Waals surface area contributed by atoms with E-state index in [2.05, 4.69) is 13.8 Å². The first-order valence-electron chi connectivity index (χ1n) is 13.3. The standard InChI is InChI=1S/C29H39FN2O4/c1-3-8-22(9-4-2)14-15-31-16-17-32(29(31)33)27-13-12-23(18-26(27)30)19-34-25-20-35-28(36-21-25)24-10-6-5-7-11-24/h5-7,10-13,18,22,25,28H,3-4,8-9,14-17,19-21H2,1-2H3. The van der Waals surface area contributed by atoms with Crippen molar-refractivity contribution in [1.82, 2.24) is 4.90 Å². The maximum absolute atomic E-state index is 15.0. The first-order valence-corrected chi connectivity index (χ1v) is 13.3. The molecule has 0 unspecified atom stereocenters. The van der Waals surface area contributed by atoms with Crippen molar-refractivity contribution >= 4 is 11.7 Å². The SMILES string of the molecule is CCCC(CCC)CCN1CCN(c2ccc(COC3COC(c4ccccc4)OC3)cc2F)C1=O. The van der Waals surface area contributed by atoms with Crippen LogP contribution in [0.25, 0.3) is 0 Å². The molecule has 2 aromatic carbocycles. The van der Waals surface area contributed by atoms with Crippen LogP contribution in [-0.4, -0.2) is 49.9 Å². The highest BCUT2D eigenvalue weighted by atomic mass is 19.1. The van der Waals surface area contributed by atoms with Gasteiger partial charge < -0.3 is 19.1 Å². The number of rotatable bonds is 12. The van der Waals surface area contributed by atoms with E-state index in [9.17, 15) is 4.79 Å². The molecule has 2 aliphatic heterocycles. The molecule has 2 aromatic rings. The summed E-state index contributed by atoms with van der Waals surface area (Å²) >= 11 is 0. The van der Waals surface area contributed by atoms with Gasteiger partial charge in [0.15, 0.2) is 6.29 Å². The van der Waals surface area contributed by atoms with Crippen LogP contribution in [0.4, 0.5) is 14.9 Å². The Labute approximate surface area is 214 Å². The second-order valence-electron chi connectivity index (χ2n) is 9.78. The number of carbonyl (C=O) groups excluding carboxylic acids is 1. The maximum Gasteiger partial charge on any atom is 0.324 e. The average Bonchev–Trinajstić information content (AvgIpc) is 3.27. The predicted molar refractivity (Wildman–Crippen MR) is 138 cm³/mol. The van der Waals surface area contributed by atoms with Crippen molar-refractivity contribution < 1.29 is 23.4 Å². The van der Waals surface area contributed by atoms with Gasteiger partial charge in [-0.2, -0.15) is 0 Å². The third-order valence-electron chi connectivity index (χ3n) is 7.02. The largest absolute Gasteiger partial charge is 0.369 e. The lowest BCUT2D eigenvalue weighted by Gasteiger charge is -2.29. The van der Waals surface area contributed by atoms with Crippen molar-refractivity contribution in [2.75, 3.05) is 37.7 Å². The molecule has 0 radical (unpaired) electrons.